The lowest BCUT2D eigenvalue weighted by atomic mass is 9.71. The fourth-order valence-corrected chi connectivity index (χ4v) is 3.09. The molecule has 1 fully saturated rings. The van der Waals surface area contributed by atoms with E-state index in [2.05, 4.69) is 18.7 Å². The molecular formula is C17H25NO2. The van der Waals surface area contributed by atoms with E-state index in [9.17, 15) is 4.79 Å². The Labute approximate surface area is 121 Å². The highest BCUT2D eigenvalue weighted by atomic mass is 16.5. The van der Waals surface area contributed by atoms with Crippen molar-refractivity contribution in [2.75, 3.05) is 25.6 Å². The van der Waals surface area contributed by atoms with Gasteiger partial charge in [-0.2, -0.15) is 0 Å². The Kier molecular flexibility index (Phi) is 4.36. The maximum Gasteiger partial charge on any atom is 0.142 e. The number of hydrogen-bond acceptors (Lipinski definition) is 3. The second-order valence-electron chi connectivity index (χ2n) is 6.58. The molecule has 1 aliphatic rings. The van der Waals surface area contributed by atoms with Crippen LogP contribution in [-0.4, -0.2) is 26.5 Å². The van der Waals surface area contributed by atoms with Crippen LogP contribution in [0.25, 0.3) is 0 Å². The van der Waals surface area contributed by atoms with Gasteiger partial charge in [0.25, 0.3) is 0 Å². The number of carbonyl (C=O) groups is 1. The van der Waals surface area contributed by atoms with Crippen LogP contribution in [0.15, 0.2) is 24.3 Å². The SMILES string of the molecule is COc1ccccc1N(C)CC1CC(C)(C)CCC1=O. The summed E-state index contributed by atoms with van der Waals surface area (Å²) in [5.74, 6) is 1.40. The molecule has 2 rings (SSSR count). The topological polar surface area (TPSA) is 29.5 Å². The van der Waals surface area contributed by atoms with Gasteiger partial charge in [-0.15, -0.1) is 0 Å². The normalized spacial score (nSPS) is 21.6. The summed E-state index contributed by atoms with van der Waals surface area (Å²) in [6.45, 7) is 5.29. The first-order chi connectivity index (χ1) is 9.43. The minimum absolute atomic E-state index is 0.133. The second kappa shape index (κ2) is 5.86. The molecule has 0 spiro atoms. The highest BCUT2D eigenvalue weighted by molar-refractivity contribution is 5.82. The van der Waals surface area contributed by atoms with Gasteiger partial charge < -0.3 is 9.64 Å². The van der Waals surface area contributed by atoms with Crippen LogP contribution in [0, 0.1) is 11.3 Å². The van der Waals surface area contributed by atoms with Crippen molar-refractivity contribution in [3.8, 4) is 5.75 Å². The number of rotatable bonds is 4. The van der Waals surface area contributed by atoms with Crippen LogP contribution in [0.5, 0.6) is 5.75 Å². The van der Waals surface area contributed by atoms with Gasteiger partial charge in [-0.05, 0) is 30.4 Å². The van der Waals surface area contributed by atoms with E-state index < -0.39 is 0 Å². The van der Waals surface area contributed by atoms with E-state index in [1.807, 2.05) is 31.3 Å². The van der Waals surface area contributed by atoms with Crippen LogP contribution in [0.3, 0.4) is 0 Å². The first-order valence-electron chi connectivity index (χ1n) is 7.30. The number of ketones is 1. The second-order valence-corrected chi connectivity index (χ2v) is 6.58. The van der Waals surface area contributed by atoms with Gasteiger partial charge in [0.15, 0.2) is 0 Å². The number of Topliss-reactive ketones (excluding diaryl/α,β-unsaturated/α-hetero) is 1. The molecule has 0 heterocycles. The molecule has 0 radical (unpaired) electrons. The fraction of sp³-hybridized carbons (Fsp3) is 0.588. The molecule has 0 aliphatic heterocycles. The van der Waals surface area contributed by atoms with Crippen LogP contribution < -0.4 is 9.64 Å². The van der Waals surface area contributed by atoms with E-state index >= 15 is 0 Å². The van der Waals surface area contributed by atoms with Gasteiger partial charge in [0.2, 0.25) is 0 Å². The summed E-state index contributed by atoms with van der Waals surface area (Å²) in [4.78, 5) is 14.3. The molecule has 1 aromatic carbocycles. The number of ether oxygens (including phenoxy) is 1. The molecule has 0 saturated heterocycles. The lowest BCUT2D eigenvalue weighted by molar-refractivity contribution is -0.126. The van der Waals surface area contributed by atoms with Gasteiger partial charge in [0, 0.05) is 25.9 Å². The molecule has 0 bridgehead atoms. The standard InChI is InChI=1S/C17H25NO2/c1-17(2)10-9-15(19)13(11-17)12-18(3)14-7-5-6-8-16(14)20-4/h5-8,13H,9-12H2,1-4H3. The summed E-state index contributed by atoms with van der Waals surface area (Å²) in [6.07, 6.45) is 2.71. The molecular weight excluding hydrogens is 250 g/mol. The van der Waals surface area contributed by atoms with E-state index in [0.29, 0.717) is 5.78 Å². The van der Waals surface area contributed by atoms with Crippen LogP contribution in [-0.2, 0) is 4.79 Å². The van der Waals surface area contributed by atoms with Crippen LogP contribution in [0.4, 0.5) is 5.69 Å². The van der Waals surface area contributed by atoms with Crippen LogP contribution in [0.2, 0.25) is 0 Å². The third-order valence-electron chi connectivity index (χ3n) is 4.29. The Hall–Kier alpha value is -1.51. The van der Waals surface area contributed by atoms with Gasteiger partial charge in [0.05, 0.1) is 12.8 Å². The number of nitrogens with zero attached hydrogens (tertiary/aromatic N) is 1. The zero-order valence-electron chi connectivity index (χ0n) is 13.0. The van der Waals surface area contributed by atoms with Crippen LogP contribution >= 0.6 is 0 Å². The molecule has 1 saturated carbocycles. The molecule has 1 aliphatic carbocycles. The summed E-state index contributed by atoms with van der Waals surface area (Å²) in [5.41, 5.74) is 1.33. The van der Waals surface area contributed by atoms with Crippen molar-refractivity contribution in [2.45, 2.75) is 33.1 Å². The summed E-state index contributed by atoms with van der Waals surface area (Å²) < 4.78 is 5.40. The van der Waals surface area contributed by atoms with E-state index in [0.717, 1.165) is 37.2 Å². The van der Waals surface area contributed by atoms with Gasteiger partial charge in [-0.25, -0.2) is 0 Å². The third-order valence-corrected chi connectivity index (χ3v) is 4.29. The van der Waals surface area contributed by atoms with Gasteiger partial charge in [-0.1, -0.05) is 26.0 Å². The summed E-state index contributed by atoms with van der Waals surface area (Å²) in [5, 5.41) is 0. The van der Waals surface area contributed by atoms with Crippen LogP contribution in [0.1, 0.15) is 33.1 Å². The molecule has 20 heavy (non-hydrogen) atoms. The Bertz CT molecular complexity index is 482. The van der Waals surface area contributed by atoms with Gasteiger partial charge in [0.1, 0.15) is 11.5 Å². The Morgan fingerprint density at radius 3 is 2.75 bits per heavy atom. The molecule has 110 valence electrons. The molecule has 0 amide bonds. The van der Waals surface area contributed by atoms with Gasteiger partial charge >= 0.3 is 0 Å². The molecule has 0 N–H and O–H groups in total. The van der Waals surface area contributed by atoms with Crippen molar-refractivity contribution < 1.29 is 9.53 Å². The Balaban J connectivity index is 2.10. The lowest BCUT2D eigenvalue weighted by Crippen LogP contribution is -2.37. The maximum absolute atomic E-state index is 12.1. The van der Waals surface area contributed by atoms with Gasteiger partial charge in [-0.3, -0.25) is 4.79 Å². The zero-order chi connectivity index (χ0) is 14.8. The average Bonchev–Trinajstić information content (AvgIpc) is 2.42. The van der Waals surface area contributed by atoms with Crippen molar-refractivity contribution >= 4 is 11.5 Å². The number of hydrogen-bond donors (Lipinski definition) is 0. The fourth-order valence-electron chi connectivity index (χ4n) is 3.09. The van der Waals surface area contributed by atoms with E-state index in [4.69, 9.17) is 4.74 Å². The number of methoxy groups -OCH3 is 1. The third kappa shape index (κ3) is 3.33. The largest absolute Gasteiger partial charge is 0.495 e. The zero-order valence-corrected chi connectivity index (χ0v) is 13.0. The molecule has 1 unspecified atom stereocenters. The number of para-hydroxylation sites is 2. The van der Waals surface area contributed by atoms with Crippen molar-refractivity contribution in [3.63, 3.8) is 0 Å². The Morgan fingerprint density at radius 2 is 2.05 bits per heavy atom. The maximum atomic E-state index is 12.1. The molecule has 1 aromatic rings. The smallest absolute Gasteiger partial charge is 0.142 e. The molecule has 3 heteroatoms. The van der Waals surface area contributed by atoms with Crippen molar-refractivity contribution in [1.29, 1.82) is 0 Å². The van der Waals surface area contributed by atoms with Crippen molar-refractivity contribution in [2.24, 2.45) is 11.3 Å². The number of carbonyl (C=O) groups excluding carboxylic acids is 1. The quantitative estimate of drug-likeness (QED) is 0.842. The molecule has 1 atom stereocenters. The highest BCUT2D eigenvalue weighted by Crippen LogP contribution is 2.38. The molecule has 3 nitrogen and oxygen atoms in total. The number of benzene rings is 1. The van der Waals surface area contributed by atoms with Crippen molar-refractivity contribution in [1.82, 2.24) is 0 Å². The van der Waals surface area contributed by atoms with Crippen molar-refractivity contribution in [3.05, 3.63) is 24.3 Å². The van der Waals surface area contributed by atoms with E-state index in [1.54, 1.807) is 7.11 Å². The minimum atomic E-state index is 0.133. The summed E-state index contributed by atoms with van der Waals surface area (Å²) >= 11 is 0. The first kappa shape index (κ1) is 14.9. The van der Waals surface area contributed by atoms with E-state index in [-0.39, 0.29) is 11.3 Å². The average molecular weight is 275 g/mol. The number of anilines is 1. The monoisotopic (exact) mass is 275 g/mol. The predicted molar refractivity (Wildman–Crippen MR) is 82.4 cm³/mol. The Morgan fingerprint density at radius 1 is 1.35 bits per heavy atom. The summed E-state index contributed by atoms with van der Waals surface area (Å²) in [6, 6.07) is 7.96. The van der Waals surface area contributed by atoms with E-state index in [1.165, 1.54) is 0 Å². The lowest BCUT2D eigenvalue weighted by Gasteiger charge is -2.36. The highest BCUT2D eigenvalue weighted by Gasteiger charge is 2.34. The predicted octanol–water partition coefficient (Wildman–Crippen LogP) is 3.53. The molecule has 0 aromatic heterocycles. The first-order valence-corrected chi connectivity index (χ1v) is 7.30. The summed E-state index contributed by atoms with van der Waals surface area (Å²) in [7, 11) is 3.72. The minimum Gasteiger partial charge on any atom is -0.495 e.